The Kier molecular flexibility index (Phi) is 4.18. The first kappa shape index (κ1) is 12.9. The van der Waals surface area contributed by atoms with Gasteiger partial charge in [-0.2, -0.15) is 0 Å². The van der Waals surface area contributed by atoms with Crippen LogP contribution < -0.4 is 5.32 Å². The second-order valence-electron chi connectivity index (χ2n) is 3.70. The Balaban J connectivity index is 2.03. The zero-order valence-corrected chi connectivity index (χ0v) is 10.9. The van der Waals surface area contributed by atoms with E-state index in [2.05, 4.69) is 10.3 Å². The molecule has 1 aromatic heterocycles. The molecule has 0 bridgehead atoms. The van der Waals surface area contributed by atoms with E-state index in [-0.39, 0.29) is 12.3 Å². The average molecular weight is 281 g/mol. The molecule has 18 heavy (non-hydrogen) atoms. The molecule has 0 atom stereocenters. The van der Waals surface area contributed by atoms with Crippen molar-refractivity contribution in [2.24, 2.45) is 0 Å². The lowest BCUT2D eigenvalue weighted by molar-refractivity contribution is -0.115. The standard InChI is InChI=1S/C13H10Cl2N2O/c14-10-1-2-12(11(15)8-10)17-13(18)7-9-3-5-16-6-4-9/h1-6,8H,7H2,(H,17,18). The first-order valence-corrected chi connectivity index (χ1v) is 6.04. The molecule has 2 rings (SSSR count). The van der Waals surface area contributed by atoms with Crippen LogP contribution in [0.25, 0.3) is 0 Å². The van der Waals surface area contributed by atoms with Crippen LogP contribution in [0.4, 0.5) is 5.69 Å². The van der Waals surface area contributed by atoms with E-state index in [0.717, 1.165) is 5.56 Å². The van der Waals surface area contributed by atoms with E-state index in [0.29, 0.717) is 15.7 Å². The molecule has 2 aromatic rings. The molecule has 0 saturated heterocycles. The highest BCUT2D eigenvalue weighted by Crippen LogP contribution is 2.25. The molecular weight excluding hydrogens is 271 g/mol. The van der Waals surface area contributed by atoms with Crippen molar-refractivity contribution in [1.82, 2.24) is 4.98 Å². The molecule has 0 fully saturated rings. The van der Waals surface area contributed by atoms with Gasteiger partial charge in [0.2, 0.25) is 5.91 Å². The molecule has 0 radical (unpaired) electrons. The highest BCUT2D eigenvalue weighted by atomic mass is 35.5. The van der Waals surface area contributed by atoms with Crippen molar-refractivity contribution in [2.75, 3.05) is 5.32 Å². The van der Waals surface area contributed by atoms with Gasteiger partial charge >= 0.3 is 0 Å². The van der Waals surface area contributed by atoms with E-state index in [1.54, 1.807) is 42.7 Å². The molecule has 1 N–H and O–H groups in total. The molecule has 1 aromatic carbocycles. The maximum absolute atomic E-state index is 11.8. The summed E-state index contributed by atoms with van der Waals surface area (Å²) in [7, 11) is 0. The Morgan fingerprint density at radius 2 is 1.89 bits per heavy atom. The predicted molar refractivity (Wildman–Crippen MR) is 73.0 cm³/mol. The molecular formula is C13H10Cl2N2O. The van der Waals surface area contributed by atoms with E-state index in [9.17, 15) is 4.79 Å². The van der Waals surface area contributed by atoms with E-state index in [1.165, 1.54) is 0 Å². The van der Waals surface area contributed by atoms with Gasteiger partial charge in [-0.05, 0) is 35.9 Å². The fourth-order valence-electron chi connectivity index (χ4n) is 1.47. The Labute approximate surface area is 115 Å². The summed E-state index contributed by atoms with van der Waals surface area (Å²) in [5.41, 5.74) is 1.45. The monoisotopic (exact) mass is 280 g/mol. The summed E-state index contributed by atoms with van der Waals surface area (Å²) in [6.07, 6.45) is 3.58. The molecule has 92 valence electrons. The molecule has 1 amide bonds. The van der Waals surface area contributed by atoms with Gasteiger partial charge in [0.1, 0.15) is 0 Å². The van der Waals surface area contributed by atoms with Crippen molar-refractivity contribution in [3.05, 3.63) is 58.3 Å². The first-order chi connectivity index (χ1) is 8.65. The Hall–Kier alpha value is -1.58. The minimum absolute atomic E-state index is 0.134. The van der Waals surface area contributed by atoms with Crippen LogP contribution in [-0.2, 0) is 11.2 Å². The first-order valence-electron chi connectivity index (χ1n) is 5.29. The van der Waals surface area contributed by atoms with Crippen molar-refractivity contribution in [1.29, 1.82) is 0 Å². The van der Waals surface area contributed by atoms with Gasteiger partial charge in [-0.1, -0.05) is 23.2 Å². The molecule has 5 heteroatoms. The van der Waals surface area contributed by atoms with E-state index < -0.39 is 0 Å². The lowest BCUT2D eigenvalue weighted by atomic mass is 10.2. The summed E-state index contributed by atoms with van der Waals surface area (Å²) in [6.45, 7) is 0. The van der Waals surface area contributed by atoms with Crippen molar-refractivity contribution in [3.8, 4) is 0 Å². The number of benzene rings is 1. The number of carbonyl (C=O) groups excluding carboxylic acids is 1. The third-order valence-electron chi connectivity index (χ3n) is 2.32. The molecule has 0 aliphatic carbocycles. The van der Waals surface area contributed by atoms with Crippen LogP contribution in [0.3, 0.4) is 0 Å². The summed E-state index contributed by atoms with van der Waals surface area (Å²) in [5, 5.41) is 3.69. The summed E-state index contributed by atoms with van der Waals surface area (Å²) in [4.78, 5) is 15.7. The van der Waals surface area contributed by atoms with Gasteiger partial charge in [0, 0.05) is 17.4 Å². The topological polar surface area (TPSA) is 42.0 Å². The third kappa shape index (κ3) is 3.45. The molecule has 3 nitrogen and oxygen atoms in total. The highest BCUT2D eigenvalue weighted by Gasteiger charge is 2.07. The van der Waals surface area contributed by atoms with Crippen LogP contribution in [-0.4, -0.2) is 10.9 Å². The van der Waals surface area contributed by atoms with Gasteiger partial charge in [0.25, 0.3) is 0 Å². The number of nitrogens with one attached hydrogen (secondary N) is 1. The zero-order chi connectivity index (χ0) is 13.0. The second kappa shape index (κ2) is 5.85. The summed E-state index contributed by atoms with van der Waals surface area (Å²) in [5.74, 6) is -0.134. The zero-order valence-electron chi connectivity index (χ0n) is 9.36. The lowest BCUT2D eigenvalue weighted by Crippen LogP contribution is -2.14. The van der Waals surface area contributed by atoms with Crippen LogP contribution in [0.1, 0.15) is 5.56 Å². The maximum Gasteiger partial charge on any atom is 0.228 e. The number of hydrogen-bond donors (Lipinski definition) is 1. The summed E-state index contributed by atoms with van der Waals surface area (Å²) >= 11 is 11.7. The van der Waals surface area contributed by atoms with Crippen LogP contribution in [0, 0.1) is 0 Å². The van der Waals surface area contributed by atoms with Crippen molar-refractivity contribution in [3.63, 3.8) is 0 Å². The molecule has 0 aliphatic rings. The molecule has 0 spiro atoms. The van der Waals surface area contributed by atoms with Gasteiger partial charge in [0.05, 0.1) is 17.1 Å². The number of amides is 1. The van der Waals surface area contributed by atoms with Gasteiger partial charge < -0.3 is 5.32 Å². The fourth-order valence-corrected chi connectivity index (χ4v) is 1.93. The number of rotatable bonds is 3. The van der Waals surface area contributed by atoms with Gasteiger partial charge in [-0.25, -0.2) is 0 Å². The van der Waals surface area contributed by atoms with Gasteiger partial charge in [0.15, 0.2) is 0 Å². The van der Waals surface area contributed by atoms with Crippen molar-refractivity contribution in [2.45, 2.75) is 6.42 Å². The number of aromatic nitrogens is 1. The van der Waals surface area contributed by atoms with Gasteiger partial charge in [-0.15, -0.1) is 0 Å². The Bertz CT molecular complexity index is 558. The molecule has 0 unspecified atom stereocenters. The number of carbonyl (C=O) groups is 1. The molecule has 1 heterocycles. The SMILES string of the molecule is O=C(Cc1ccncc1)Nc1ccc(Cl)cc1Cl. The Morgan fingerprint density at radius 3 is 2.56 bits per heavy atom. The van der Waals surface area contributed by atoms with E-state index in [1.807, 2.05) is 0 Å². The number of halogens is 2. The average Bonchev–Trinajstić information content (AvgIpc) is 2.34. The quantitative estimate of drug-likeness (QED) is 0.934. The predicted octanol–water partition coefficient (Wildman–Crippen LogP) is 3.57. The van der Waals surface area contributed by atoms with Crippen LogP contribution in [0.2, 0.25) is 10.0 Å². The normalized spacial score (nSPS) is 10.1. The number of anilines is 1. The largest absolute Gasteiger partial charge is 0.324 e. The minimum atomic E-state index is -0.134. The van der Waals surface area contributed by atoms with E-state index >= 15 is 0 Å². The molecule has 0 saturated carbocycles. The second-order valence-corrected chi connectivity index (χ2v) is 4.55. The number of pyridine rings is 1. The maximum atomic E-state index is 11.8. The Morgan fingerprint density at radius 1 is 1.17 bits per heavy atom. The number of hydrogen-bond acceptors (Lipinski definition) is 2. The van der Waals surface area contributed by atoms with Crippen LogP contribution in [0.15, 0.2) is 42.7 Å². The third-order valence-corrected chi connectivity index (χ3v) is 2.87. The molecule has 0 aliphatic heterocycles. The van der Waals surface area contributed by atoms with Crippen LogP contribution in [0.5, 0.6) is 0 Å². The van der Waals surface area contributed by atoms with E-state index in [4.69, 9.17) is 23.2 Å². The van der Waals surface area contributed by atoms with Crippen LogP contribution >= 0.6 is 23.2 Å². The lowest BCUT2D eigenvalue weighted by Gasteiger charge is -2.07. The summed E-state index contributed by atoms with van der Waals surface area (Å²) < 4.78 is 0. The van der Waals surface area contributed by atoms with Crippen molar-refractivity contribution >= 4 is 34.8 Å². The smallest absolute Gasteiger partial charge is 0.228 e. The highest BCUT2D eigenvalue weighted by molar-refractivity contribution is 6.36. The minimum Gasteiger partial charge on any atom is -0.324 e. The fraction of sp³-hybridized carbons (Fsp3) is 0.0769. The van der Waals surface area contributed by atoms with Gasteiger partial charge in [-0.3, -0.25) is 9.78 Å². The number of nitrogens with zero attached hydrogens (tertiary/aromatic N) is 1. The van der Waals surface area contributed by atoms with Crippen molar-refractivity contribution < 1.29 is 4.79 Å². The summed E-state index contributed by atoms with van der Waals surface area (Å²) in [6, 6.07) is 8.53.